The van der Waals surface area contributed by atoms with E-state index in [4.69, 9.17) is 11.6 Å². The van der Waals surface area contributed by atoms with Crippen LogP contribution in [0.2, 0.25) is 5.15 Å². The molecule has 0 N–H and O–H groups in total. The van der Waals surface area contributed by atoms with Crippen LogP contribution in [0.3, 0.4) is 0 Å². The van der Waals surface area contributed by atoms with E-state index in [-0.39, 0.29) is 0 Å². The van der Waals surface area contributed by atoms with E-state index in [9.17, 15) is 0 Å². The average Bonchev–Trinajstić information content (AvgIpc) is 2.88. The van der Waals surface area contributed by atoms with E-state index in [0.29, 0.717) is 5.15 Å². The van der Waals surface area contributed by atoms with Gasteiger partial charge in [-0.15, -0.1) is 0 Å². The van der Waals surface area contributed by atoms with Crippen LogP contribution in [-0.4, -0.2) is 22.5 Å². The first kappa shape index (κ1) is 15.5. The Balaban J connectivity index is 1.73. The lowest BCUT2D eigenvalue weighted by Gasteiger charge is -2.01. The molecule has 23 heavy (non-hydrogen) atoms. The van der Waals surface area contributed by atoms with Gasteiger partial charge in [-0.2, -0.15) is 5.10 Å². The van der Waals surface area contributed by atoms with Crippen LogP contribution >= 0.6 is 11.6 Å². The molecule has 0 amide bonds. The molecule has 2 aromatic carbocycles. The third-order valence-corrected chi connectivity index (χ3v) is 4.01. The number of para-hydroxylation sites is 1. The van der Waals surface area contributed by atoms with Crippen molar-refractivity contribution >= 4 is 17.8 Å². The van der Waals surface area contributed by atoms with Crippen LogP contribution in [0.25, 0.3) is 5.69 Å². The molecule has 0 atom stereocenters. The van der Waals surface area contributed by atoms with Crippen molar-refractivity contribution in [2.75, 3.05) is 6.54 Å². The Morgan fingerprint density at radius 2 is 1.70 bits per heavy atom. The molecular weight excluding hydrogens is 306 g/mol. The summed E-state index contributed by atoms with van der Waals surface area (Å²) in [5.41, 5.74) is 3.99. The second-order valence-electron chi connectivity index (χ2n) is 5.31. The zero-order valence-electron chi connectivity index (χ0n) is 13.0. The molecule has 0 spiro atoms. The molecule has 4 heteroatoms. The normalized spacial score (nSPS) is 11.2. The summed E-state index contributed by atoms with van der Waals surface area (Å²) in [4.78, 5) is 4.50. The third kappa shape index (κ3) is 3.69. The van der Waals surface area contributed by atoms with Crippen molar-refractivity contribution in [2.24, 2.45) is 4.99 Å². The third-order valence-electron chi connectivity index (χ3n) is 3.64. The summed E-state index contributed by atoms with van der Waals surface area (Å²) in [5, 5.41) is 5.11. The second kappa shape index (κ2) is 7.25. The van der Waals surface area contributed by atoms with Crippen LogP contribution in [0.15, 0.2) is 65.7 Å². The van der Waals surface area contributed by atoms with Crippen LogP contribution in [-0.2, 0) is 6.42 Å². The van der Waals surface area contributed by atoms with Gasteiger partial charge in [0.2, 0.25) is 0 Å². The lowest BCUT2D eigenvalue weighted by Crippen LogP contribution is -1.96. The second-order valence-corrected chi connectivity index (χ2v) is 5.67. The zero-order valence-corrected chi connectivity index (χ0v) is 13.7. The van der Waals surface area contributed by atoms with E-state index in [2.05, 4.69) is 22.2 Å². The van der Waals surface area contributed by atoms with Gasteiger partial charge in [-0.3, -0.25) is 4.99 Å². The first-order chi connectivity index (χ1) is 11.3. The van der Waals surface area contributed by atoms with Crippen LogP contribution in [0.5, 0.6) is 0 Å². The quantitative estimate of drug-likeness (QED) is 0.636. The first-order valence-electron chi connectivity index (χ1n) is 7.60. The number of halogens is 1. The van der Waals surface area contributed by atoms with Gasteiger partial charge in [0.15, 0.2) is 0 Å². The molecule has 1 heterocycles. The number of nitrogens with zero attached hydrogens (tertiary/aromatic N) is 3. The number of hydrogen-bond acceptors (Lipinski definition) is 2. The van der Waals surface area contributed by atoms with Crippen molar-refractivity contribution in [2.45, 2.75) is 13.3 Å². The molecular formula is C19H18ClN3. The highest BCUT2D eigenvalue weighted by molar-refractivity contribution is 6.32. The summed E-state index contributed by atoms with van der Waals surface area (Å²) in [5.74, 6) is 0. The highest BCUT2D eigenvalue weighted by Gasteiger charge is 2.12. The Kier molecular flexibility index (Phi) is 4.89. The number of benzene rings is 2. The molecule has 116 valence electrons. The summed E-state index contributed by atoms with van der Waals surface area (Å²) in [6.45, 7) is 2.68. The Morgan fingerprint density at radius 3 is 2.39 bits per heavy atom. The maximum atomic E-state index is 6.47. The lowest BCUT2D eigenvalue weighted by atomic mass is 10.1. The molecule has 1 aromatic heterocycles. The van der Waals surface area contributed by atoms with Gasteiger partial charge in [0.1, 0.15) is 5.15 Å². The molecule has 0 saturated carbocycles. The number of aromatic nitrogens is 2. The van der Waals surface area contributed by atoms with Gasteiger partial charge < -0.3 is 0 Å². The smallest absolute Gasteiger partial charge is 0.141 e. The van der Waals surface area contributed by atoms with Crippen molar-refractivity contribution < 1.29 is 0 Å². The van der Waals surface area contributed by atoms with E-state index >= 15 is 0 Å². The maximum absolute atomic E-state index is 6.47. The number of rotatable bonds is 5. The fraction of sp³-hybridized carbons (Fsp3) is 0.158. The van der Waals surface area contributed by atoms with Gasteiger partial charge in [0, 0.05) is 12.8 Å². The van der Waals surface area contributed by atoms with Crippen molar-refractivity contribution in [3.63, 3.8) is 0 Å². The molecule has 0 bridgehead atoms. The molecule has 0 aliphatic carbocycles. The summed E-state index contributed by atoms with van der Waals surface area (Å²) in [6, 6.07) is 20.2. The van der Waals surface area contributed by atoms with Crippen molar-refractivity contribution in [3.05, 3.63) is 82.6 Å². The maximum Gasteiger partial charge on any atom is 0.141 e. The summed E-state index contributed by atoms with van der Waals surface area (Å²) < 4.78 is 1.75. The molecule has 0 fully saturated rings. The minimum atomic E-state index is 0.595. The van der Waals surface area contributed by atoms with Gasteiger partial charge in [-0.25, -0.2) is 4.68 Å². The standard InChI is InChI=1S/C19H18ClN3/c1-15-18(14-21-13-12-16-8-4-2-5-9-16)19(20)23(22-15)17-10-6-3-7-11-17/h2-11,14H,12-13H2,1H3. The van der Waals surface area contributed by atoms with E-state index in [1.807, 2.05) is 61.7 Å². The monoisotopic (exact) mass is 323 g/mol. The highest BCUT2D eigenvalue weighted by atomic mass is 35.5. The Bertz CT molecular complexity index is 792. The van der Waals surface area contributed by atoms with E-state index in [1.165, 1.54) is 5.56 Å². The number of hydrogen-bond donors (Lipinski definition) is 0. The predicted molar refractivity (Wildman–Crippen MR) is 95.9 cm³/mol. The van der Waals surface area contributed by atoms with Crippen molar-refractivity contribution in [1.29, 1.82) is 0 Å². The number of aliphatic imine (C=N–C) groups is 1. The van der Waals surface area contributed by atoms with Crippen molar-refractivity contribution in [1.82, 2.24) is 9.78 Å². The van der Waals surface area contributed by atoms with Gasteiger partial charge >= 0.3 is 0 Å². The molecule has 0 unspecified atom stereocenters. The van der Waals surface area contributed by atoms with E-state index < -0.39 is 0 Å². The van der Waals surface area contributed by atoms with E-state index in [1.54, 1.807) is 4.68 Å². The molecule has 0 aliphatic rings. The largest absolute Gasteiger partial charge is 0.292 e. The molecule has 3 rings (SSSR count). The van der Waals surface area contributed by atoms with Crippen LogP contribution in [0.1, 0.15) is 16.8 Å². The SMILES string of the molecule is Cc1nn(-c2ccccc2)c(Cl)c1C=NCCc1ccccc1. The molecule has 3 aromatic rings. The van der Waals surface area contributed by atoms with Crippen LogP contribution < -0.4 is 0 Å². The highest BCUT2D eigenvalue weighted by Crippen LogP contribution is 2.21. The topological polar surface area (TPSA) is 30.2 Å². The predicted octanol–water partition coefficient (Wildman–Crippen LogP) is 4.50. The first-order valence-corrected chi connectivity index (χ1v) is 7.98. The van der Waals surface area contributed by atoms with Gasteiger partial charge in [-0.1, -0.05) is 60.1 Å². The average molecular weight is 324 g/mol. The Labute approximate surface area is 141 Å². The van der Waals surface area contributed by atoms with Gasteiger partial charge in [-0.05, 0) is 31.0 Å². The molecule has 0 radical (unpaired) electrons. The zero-order chi connectivity index (χ0) is 16.1. The molecule has 0 aliphatic heterocycles. The molecule has 0 saturated heterocycles. The summed E-state index contributed by atoms with van der Waals surface area (Å²) in [6.07, 6.45) is 2.74. The minimum Gasteiger partial charge on any atom is -0.292 e. The van der Waals surface area contributed by atoms with Gasteiger partial charge in [0.05, 0.1) is 16.9 Å². The Hall–Kier alpha value is -2.39. The van der Waals surface area contributed by atoms with Crippen LogP contribution in [0, 0.1) is 6.92 Å². The van der Waals surface area contributed by atoms with E-state index in [0.717, 1.165) is 29.9 Å². The van der Waals surface area contributed by atoms with Gasteiger partial charge in [0.25, 0.3) is 0 Å². The lowest BCUT2D eigenvalue weighted by molar-refractivity contribution is 0.863. The fourth-order valence-electron chi connectivity index (χ4n) is 2.39. The minimum absolute atomic E-state index is 0.595. The van der Waals surface area contributed by atoms with Crippen LogP contribution in [0.4, 0.5) is 0 Å². The Morgan fingerprint density at radius 1 is 1.04 bits per heavy atom. The number of aryl methyl sites for hydroxylation is 1. The summed E-state index contributed by atoms with van der Waals surface area (Å²) >= 11 is 6.47. The summed E-state index contributed by atoms with van der Waals surface area (Å²) in [7, 11) is 0. The fourth-order valence-corrected chi connectivity index (χ4v) is 2.71. The van der Waals surface area contributed by atoms with Crippen molar-refractivity contribution in [3.8, 4) is 5.69 Å². The molecule has 3 nitrogen and oxygen atoms in total.